The van der Waals surface area contributed by atoms with Crippen molar-refractivity contribution in [2.45, 2.75) is 51.4 Å². The zero-order chi connectivity index (χ0) is 17.7. The summed E-state index contributed by atoms with van der Waals surface area (Å²) in [5.74, 6) is 0.694. The van der Waals surface area contributed by atoms with E-state index >= 15 is 0 Å². The fraction of sp³-hybridized carbons (Fsp3) is 0.429. The Morgan fingerprint density at radius 1 is 1.20 bits per heavy atom. The van der Waals surface area contributed by atoms with Gasteiger partial charge in [0.05, 0.1) is 23.9 Å². The van der Waals surface area contributed by atoms with Crippen LogP contribution in [0.15, 0.2) is 42.6 Å². The van der Waals surface area contributed by atoms with Crippen LogP contribution < -0.4 is 10.1 Å². The molecule has 25 heavy (non-hydrogen) atoms. The lowest BCUT2D eigenvalue weighted by Gasteiger charge is -2.36. The van der Waals surface area contributed by atoms with Crippen molar-refractivity contribution >= 4 is 11.6 Å². The zero-order valence-corrected chi connectivity index (χ0v) is 15.0. The minimum atomic E-state index is -0.438. The second kappa shape index (κ2) is 7.68. The van der Waals surface area contributed by atoms with E-state index in [1.807, 2.05) is 38.1 Å². The van der Waals surface area contributed by atoms with Crippen LogP contribution in [0, 0.1) is 6.92 Å². The number of hydrogen-bond acceptors (Lipinski definition) is 3. The largest absolute Gasteiger partial charge is 0.478 e. The number of pyridine rings is 1. The molecule has 1 aliphatic carbocycles. The molecule has 0 aliphatic heterocycles. The third-order valence-corrected chi connectivity index (χ3v) is 5.04. The molecule has 4 nitrogen and oxygen atoms in total. The van der Waals surface area contributed by atoms with Crippen molar-refractivity contribution in [2.75, 3.05) is 11.9 Å². The van der Waals surface area contributed by atoms with Crippen LogP contribution in [-0.2, 0) is 10.2 Å². The summed E-state index contributed by atoms with van der Waals surface area (Å²) in [6.07, 6.45) is 6.84. The number of rotatable bonds is 5. The smallest absolute Gasteiger partial charge is 0.235 e. The van der Waals surface area contributed by atoms with Gasteiger partial charge in [0.2, 0.25) is 11.8 Å². The number of carbonyl (C=O) groups excluding carboxylic acids is 1. The van der Waals surface area contributed by atoms with Gasteiger partial charge < -0.3 is 10.1 Å². The molecule has 0 unspecified atom stereocenters. The van der Waals surface area contributed by atoms with Gasteiger partial charge >= 0.3 is 0 Å². The number of nitrogens with zero attached hydrogens (tertiary/aromatic N) is 1. The summed E-state index contributed by atoms with van der Waals surface area (Å²) >= 11 is 0. The van der Waals surface area contributed by atoms with E-state index in [9.17, 15) is 4.79 Å². The van der Waals surface area contributed by atoms with Crippen LogP contribution in [0.3, 0.4) is 0 Å². The molecule has 1 aliphatic rings. The van der Waals surface area contributed by atoms with Gasteiger partial charge in [0.1, 0.15) is 0 Å². The SMILES string of the molecule is CCOc1ncc(NC(=O)C2(c3ccccc3)CCCCC2)cc1C. The van der Waals surface area contributed by atoms with Crippen LogP contribution in [0.5, 0.6) is 5.88 Å². The van der Waals surface area contributed by atoms with E-state index in [1.165, 1.54) is 6.42 Å². The number of aromatic nitrogens is 1. The summed E-state index contributed by atoms with van der Waals surface area (Å²) in [4.78, 5) is 17.6. The highest BCUT2D eigenvalue weighted by Gasteiger charge is 2.41. The normalized spacial score (nSPS) is 16.2. The maximum absolute atomic E-state index is 13.2. The maximum atomic E-state index is 13.2. The fourth-order valence-corrected chi connectivity index (χ4v) is 3.73. The first-order valence-corrected chi connectivity index (χ1v) is 9.12. The highest BCUT2D eigenvalue weighted by Crippen LogP contribution is 2.40. The van der Waals surface area contributed by atoms with Gasteiger partial charge in [-0.25, -0.2) is 4.98 Å². The van der Waals surface area contributed by atoms with Gasteiger partial charge in [0, 0.05) is 5.56 Å². The molecule has 4 heteroatoms. The molecule has 2 aromatic rings. The molecule has 0 spiro atoms. The summed E-state index contributed by atoms with van der Waals surface area (Å²) in [6.45, 7) is 4.46. The van der Waals surface area contributed by atoms with Gasteiger partial charge in [-0.3, -0.25) is 4.79 Å². The highest BCUT2D eigenvalue weighted by atomic mass is 16.5. The standard InChI is InChI=1S/C21H26N2O2/c1-3-25-19-16(2)14-18(15-22-19)23-20(24)21(12-8-5-9-13-21)17-10-6-4-7-11-17/h4,6-7,10-11,14-15H,3,5,8-9,12-13H2,1-2H3,(H,23,24). The van der Waals surface area contributed by atoms with Crippen molar-refractivity contribution in [3.05, 3.63) is 53.7 Å². The van der Waals surface area contributed by atoms with Gasteiger partial charge in [-0.1, -0.05) is 49.6 Å². The Balaban J connectivity index is 1.85. The highest BCUT2D eigenvalue weighted by molar-refractivity contribution is 5.99. The zero-order valence-electron chi connectivity index (χ0n) is 15.0. The first-order valence-electron chi connectivity index (χ1n) is 9.12. The van der Waals surface area contributed by atoms with E-state index in [4.69, 9.17) is 4.74 Å². The van der Waals surface area contributed by atoms with Crippen molar-refractivity contribution < 1.29 is 9.53 Å². The number of amides is 1. The molecule has 1 heterocycles. The molecule has 0 atom stereocenters. The summed E-state index contributed by atoms with van der Waals surface area (Å²) in [6, 6.07) is 12.1. The van der Waals surface area contributed by atoms with Crippen LogP contribution in [0.4, 0.5) is 5.69 Å². The lowest BCUT2D eigenvalue weighted by molar-refractivity contribution is -0.122. The summed E-state index contributed by atoms with van der Waals surface area (Å²) in [5, 5.41) is 3.10. The lowest BCUT2D eigenvalue weighted by atomic mass is 9.68. The minimum Gasteiger partial charge on any atom is -0.478 e. The third kappa shape index (κ3) is 3.68. The number of nitrogens with one attached hydrogen (secondary N) is 1. The van der Waals surface area contributed by atoms with E-state index in [0.29, 0.717) is 12.5 Å². The van der Waals surface area contributed by atoms with Gasteiger partial charge in [0.15, 0.2) is 0 Å². The topological polar surface area (TPSA) is 51.2 Å². The summed E-state index contributed by atoms with van der Waals surface area (Å²) in [5.41, 5.74) is 2.33. The molecular formula is C21H26N2O2. The van der Waals surface area contributed by atoms with E-state index < -0.39 is 5.41 Å². The van der Waals surface area contributed by atoms with E-state index in [1.54, 1.807) is 6.20 Å². The predicted molar refractivity (Wildman–Crippen MR) is 100.0 cm³/mol. The predicted octanol–water partition coefficient (Wildman–Crippen LogP) is 4.63. The number of ether oxygens (including phenoxy) is 1. The summed E-state index contributed by atoms with van der Waals surface area (Å²) < 4.78 is 5.48. The Bertz CT molecular complexity index is 722. The first-order chi connectivity index (χ1) is 12.2. The Labute approximate surface area is 149 Å². The Morgan fingerprint density at radius 2 is 1.92 bits per heavy atom. The van der Waals surface area contributed by atoms with Crippen molar-refractivity contribution in [3.63, 3.8) is 0 Å². The molecule has 0 radical (unpaired) electrons. The van der Waals surface area contributed by atoms with Gasteiger partial charge in [-0.15, -0.1) is 0 Å². The van der Waals surface area contributed by atoms with Crippen molar-refractivity contribution in [3.8, 4) is 5.88 Å². The molecular weight excluding hydrogens is 312 g/mol. The van der Waals surface area contributed by atoms with Crippen LogP contribution >= 0.6 is 0 Å². The second-order valence-corrected chi connectivity index (χ2v) is 6.74. The first kappa shape index (κ1) is 17.5. The van der Waals surface area contributed by atoms with Crippen molar-refractivity contribution in [1.82, 2.24) is 4.98 Å². The van der Waals surface area contributed by atoms with E-state index in [-0.39, 0.29) is 5.91 Å². The molecule has 1 aromatic carbocycles. The molecule has 1 saturated carbocycles. The van der Waals surface area contributed by atoms with Gasteiger partial charge in [-0.05, 0) is 38.3 Å². The average molecular weight is 338 g/mol. The van der Waals surface area contributed by atoms with Gasteiger partial charge in [0.25, 0.3) is 0 Å². The van der Waals surface area contributed by atoms with E-state index in [2.05, 4.69) is 22.4 Å². The Hall–Kier alpha value is -2.36. The quantitative estimate of drug-likeness (QED) is 0.865. The van der Waals surface area contributed by atoms with Crippen LogP contribution in [0.25, 0.3) is 0 Å². The number of anilines is 1. The van der Waals surface area contributed by atoms with Crippen LogP contribution in [0.2, 0.25) is 0 Å². The lowest BCUT2D eigenvalue weighted by Crippen LogP contribution is -2.42. The van der Waals surface area contributed by atoms with Gasteiger partial charge in [-0.2, -0.15) is 0 Å². The second-order valence-electron chi connectivity index (χ2n) is 6.74. The van der Waals surface area contributed by atoms with Crippen molar-refractivity contribution in [2.24, 2.45) is 0 Å². The molecule has 0 bridgehead atoms. The Morgan fingerprint density at radius 3 is 2.56 bits per heavy atom. The molecule has 3 rings (SSSR count). The van der Waals surface area contributed by atoms with E-state index in [0.717, 1.165) is 42.5 Å². The average Bonchev–Trinajstić information content (AvgIpc) is 2.65. The molecule has 1 aromatic heterocycles. The molecule has 1 fully saturated rings. The third-order valence-electron chi connectivity index (χ3n) is 5.04. The van der Waals surface area contributed by atoms with Crippen LogP contribution in [-0.4, -0.2) is 17.5 Å². The number of carbonyl (C=O) groups is 1. The monoisotopic (exact) mass is 338 g/mol. The fourth-order valence-electron chi connectivity index (χ4n) is 3.73. The molecule has 0 saturated heterocycles. The number of hydrogen-bond donors (Lipinski definition) is 1. The maximum Gasteiger partial charge on any atom is 0.235 e. The number of benzene rings is 1. The summed E-state index contributed by atoms with van der Waals surface area (Å²) in [7, 11) is 0. The molecule has 1 N–H and O–H groups in total. The van der Waals surface area contributed by atoms with Crippen LogP contribution in [0.1, 0.15) is 50.2 Å². The number of aryl methyl sites for hydroxylation is 1. The Kier molecular flexibility index (Phi) is 5.37. The molecule has 132 valence electrons. The van der Waals surface area contributed by atoms with Crippen molar-refractivity contribution in [1.29, 1.82) is 0 Å². The minimum absolute atomic E-state index is 0.0729. The molecule has 1 amide bonds.